The average Bonchev–Trinajstić information content (AvgIpc) is 2.84. The smallest absolute Gasteiger partial charge is 0.264 e. The van der Waals surface area contributed by atoms with E-state index in [9.17, 15) is 14.7 Å². The van der Waals surface area contributed by atoms with E-state index in [1.807, 2.05) is 0 Å². The summed E-state index contributed by atoms with van der Waals surface area (Å²) in [5.74, 6) is -1.77. The second kappa shape index (κ2) is 6.47. The van der Waals surface area contributed by atoms with E-state index in [1.165, 1.54) is 4.90 Å². The summed E-state index contributed by atoms with van der Waals surface area (Å²) in [5.41, 5.74) is -0.462. The number of hydrogen-bond acceptors (Lipinski definition) is 3. The zero-order valence-electron chi connectivity index (χ0n) is 13.8. The Balaban J connectivity index is 2.05. The highest BCUT2D eigenvalue weighted by atomic mass is 35.5. The molecule has 0 fully saturated rings. The second-order valence-electron chi connectivity index (χ2n) is 6.08. The molecule has 2 atom stereocenters. The van der Waals surface area contributed by atoms with Crippen LogP contribution in [0.5, 0.6) is 0 Å². The third-order valence-electron chi connectivity index (χ3n) is 4.64. The van der Waals surface area contributed by atoms with Crippen molar-refractivity contribution in [1.82, 2.24) is 0 Å². The maximum Gasteiger partial charge on any atom is 0.264 e. The van der Waals surface area contributed by atoms with E-state index in [4.69, 9.17) is 11.6 Å². The predicted molar refractivity (Wildman–Crippen MR) is 97.8 cm³/mol. The molecule has 128 valence electrons. The van der Waals surface area contributed by atoms with Crippen molar-refractivity contribution in [3.63, 3.8) is 0 Å². The maximum atomic E-state index is 13.0. The van der Waals surface area contributed by atoms with Crippen LogP contribution in [-0.4, -0.2) is 23.3 Å². The molecule has 0 saturated carbocycles. The molecule has 1 aliphatic heterocycles. The van der Waals surface area contributed by atoms with Gasteiger partial charge in [0.1, 0.15) is 0 Å². The van der Waals surface area contributed by atoms with Crippen LogP contribution < -0.4 is 4.90 Å². The molecule has 1 aliphatic rings. The number of carbonyl (C=O) groups excluding carboxylic acids is 2. The second-order valence-corrected chi connectivity index (χ2v) is 6.52. The minimum Gasteiger partial charge on any atom is -0.375 e. The molecule has 0 spiro atoms. The van der Waals surface area contributed by atoms with Crippen molar-refractivity contribution in [1.29, 1.82) is 0 Å². The molecule has 1 heterocycles. The van der Waals surface area contributed by atoms with Gasteiger partial charge in [0.25, 0.3) is 5.91 Å². The number of nitrogens with zero attached hydrogens (tertiary/aromatic N) is 1. The summed E-state index contributed by atoms with van der Waals surface area (Å²) in [6, 6.07) is 13.4. The first-order valence-electron chi connectivity index (χ1n) is 7.95. The third-order valence-corrected chi connectivity index (χ3v) is 4.89. The topological polar surface area (TPSA) is 57.6 Å². The molecule has 0 aliphatic carbocycles. The monoisotopic (exact) mass is 355 g/mol. The van der Waals surface area contributed by atoms with E-state index in [2.05, 4.69) is 6.58 Å². The molecule has 1 amide bonds. The summed E-state index contributed by atoms with van der Waals surface area (Å²) >= 11 is 5.86. The van der Waals surface area contributed by atoms with Crippen LogP contribution >= 0.6 is 11.6 Å². The van der Waals surface area contributed by atoms with Crippen LogP contribution in [-0.2, 0) is 10.4 Å². The highest BCUT2D eigenvalue weighted by Gasteiger charge is 2.54. The van der Waals surface area contributed by atoms with Crippen LogP contribution in [0.4, 0.5) is 5.69 Å². The first-order chi connectivity index (χ1) is 11.9. The van der Waals surface area contributed by atoms with Crippen LogP contribution in [0.25, 0.3) is 0 Å². The number of amides is 1. The average molecular weight is 356 g/mol. The Kier molecular flexibility index (Phi) is 4.50. The van der Waals surface area contributed by atoms with Crippen molar-refractivity contribution in [2.24, 2.45) is 5.92 Å². The van der Waals surface area contributed by atoms with Crippen molar-refractivity contribution < 1.29 is 14.7 Å². The molecule has 2 aromatic rings. The largest absolute Gasteiger partial charge is 0.375 e. The molecular weight excluding hydrogens is 338 g/mol. The van der Waals surface area contributed by atoms with Gasteiger partial charge in [-0.2, -0.15) is 0 Å². The molecule has 2 aromatic carbocycles. The zero-order valence-corrected chi connectivity index (χ0v) is 14.5. The normalized spacial score (nSPS) is 20.3. The zero-order chi connectivity index (χ0) is 18.2. The number of anilines is 1. The van der Waals surface area contributed by atoms with Crippen molar-refractivity contribution in [3.8, 4) is 0 Å². The first-order valence-corrected chi connectivity index (χ1v) is 8.33. The molecule has 25 heavy (non-hydrogen) atoms. The molecule has 0 unspecified atom stereocenters. The number of Topliss-reactive ketones (excluding diaryl/α,β-unsaturated/α-hetero) is 1. The minimum atomic E-state index is -1.91. The Morgan fingerprint density at radius 2 is 1.92 bits per heavy atom. The van der Waals surface area contributed by atoms with Gasteiger partial charge in [0.15, 0.2) is 11.4 Å². The van der Waals surface area contributed by atoms with Gasteiger partial charge < -0.3 is 10.0 Å². The van der Waals surface area contributed by atoms with Gasteiger partial charge in [-0.25, -0.2) is 0 Å². The summed E-state index contributed by atoms with van der Waals surface area (Å²) in [6.07, 6.45) is 1.59. The molecule has 4 nitrogen and oxygen atoms in total. The van der Waals surface area contributed by atoms with Gasteiger partial charge in [0.2, 0.25) is 0 Å². The number of carbonyl (C=O) groups is 2. The molecule has 1 N–H and O–H groups in total. The quantitative estimate of drug-likeness (QED) is 0.658. The molecule has 5 heteroatoms. The summed E-state index contributed by atoms with van der Waals surface area (Å²) in [6.45, 7) is 5.50. The number of fused-ring (bicyclic) bond motifs is 1. The van der Waals surface area contributed by atoms with E-state index in [0.29, 0.717) is 21.8 Å². The Morgan fingerprint density at radius 1 is 1.28 bits per heavy atom. The Bertz CT molecular complexity index is 846. The van der Waals surface area contributed by atoms with Gasteiger partial charge in [-0.1, -0.05) is 42.8 Å². The lowest BCUT2D eigenvalue weighted by molar-refractivity contribution is -0.139. The fourth-order valence-electron chi connectivity index (χ4n) is 3.24. The summed E-state index contributed by atoms with van der Waals surface area (Å²) < 4.78 is 0. The lowest BCUT2D eigenvalue weighted by Crippen LogP contribution is -2.47. The SMILES string of the molecule is C=CCN1C(=O)[C@@](O)([C@H](C)C(=O)c2ccc(Cl)cc2)c2ccccc21. The standard InChI is InChI=1S/C20H18ClNO3/c1-3-12-22-17-7-5-4-6-16(17)20(25,19(22)24)13(2)18(23)14-8-10-15(21)11-9-14/h3-11,13,25H,1,12H2,2H3/t13-,20-/m1/s1. The van der Waals surface area contributed by atoms with Gasteiger partial charge in [0, 0.05) is 22.7 Å². The Labute approximate surface area is 151 Å². The van der Waals surface area contributed by atoms with Crippen molar-refractivity contribution >= 4 is 29.0 Å². The van der Waals surface area contributed by atoms with Crippen LogP contribution in [0.3, 0.4) is 0 Å². The number of rotatable bonds is 5. The molecule has 0 saturated heterocycles. The van der Waals surface area contributed by atoms with Gasteiger partial charge >= 0.3 is 0 Å². The Morgan fingerprint density at radius 3 is 2.56 bits per heavy atom. The van der Waals surface area contributed by atoms with Gasteiger partial charge in [-0.15, -0.1) is 6.58 Å². The van der Waals surface area contributed by atoms with Crippen molar-refractivity contribution in [2.75, 3.05) is 11.4 Å². The number of ketones is 1. The van der Waals surface area contributed by atoms with E-state index in [0.717, 1.165) is 0 Å². The van der Waals surface area contributed by atoms with Crippen LogP contribution in [0.2, 0.25) is 5.02 Å². The van der Waals surface area contributed by atoms with Gasteiger partial charge in [0.05, 0.1) is 11.6 Å². The molecule has 0 aromatic heterocycles. The van der Waals surface area contributed by atoms with Crippen LogP contribution in [0, 0.1) is 5.92 Å². The molecular formula is C20H18ClNO3. The lowest BCUT2D eigenvalue weighted by Gasteiger charge is -2.28. The minimum absolute atomic E-state index is 0.264. The highest BCUT2D eigenvalue weighted by molar-refractivity contribution is 6.30. The Hall–Kier alpha value is -2.43. The fraction of sp³-hybridized carbons (Fsp3) is 0.200. The lowest BCUT2D eigenvalue weighted by atomic mass is 9.79. The number of benzene rings is 2. The van der Waals surface area contributed by atoms with Crippen LogP contribution in [0.1, 0.15) is 22.8 Å². The molecule has 0 bridgehead atoms. The van der Waals surface area contributed by atoms with Crippen LogP contribution in [0.15, 0.2) is 61.2 Å². The van der Waals surface area contributed by atoms with Gasteiger partial charge in [-0.05, 0) is 30.3 Å². The molecule has 0 radical (unpaired) electrons. The van der Waals surface area contributed by atoms with E-state index in [-0.39, 0.29) is 12.3 Å². The van der Waals surface area contributed by atoms with E-state index in [1.54, 1.807) is 61.5 Å². The first kappa shape index (κ1) is 17.4. The number of aliphatic hydroxyl groups is 1. The van der Waals surface area contributed by atoms with Gasteiger partial charge in [-0.3, -0.25) is 9.59 Å². The summed E-state index contributed by atoms with van der Waals surface area (Å²) in [5, 5.41) is 11.8. The maximum absolute atomic E-state index is 13.0. The van der Waals surface area contributed by atoms with Crippen molar-refractivity contribution in [3.05, 3.63) is 77.3 Å². The number of halogens is 1. The third kappa shape index (κ3) is 2.68. The summed E-state index contributed by atoms with van der Waals surface area (Å²) in [7, 11) is 0. The predicted octanol–water partition coefficient (Wildman–Crippen LogP) is 3.58. The molecule has 3 rings (SSSR count). The number of hydrogen-bond donors (Lipinski definition) is 1. The van der Waals surface area contributed by atoms with E-state index < -0.39 is 17.4 Å². The van der Waals surface area contributed by atoms with E-state index >= 15 is 0 Å². The number of para-hydroxylation sites is 1. The summed E-state index contributed by atoms with van der Waals surface area (Å²) in [4.78, 5) is 27.3. The fourth-order valence-corrected chi connectivity index (χ4v) is 3.37. The van der Waals surface area contributed by atoms with Crippen molar-refractivity contribution in [2.45, 2.75) is 12.5 Å². The highest BCUT2D eigenvalue weighted by Crippen LogP contribution is 2.45.